The third-order valence-electron chi connectivity index (χ3n) is 5.70. The molecule has 1 aliphatic rings. The van der Waals surface area contributed by atoms with Gasteiger partial charge in [-0.15, -0.1) is 0 Å². The maximum atomic E-state index is 14.2. The Hall–Kier alpha value is -2.55. The monoisotopic (exact) mass is 486 g/mol. The number of hydrogen-bond donors (Lipinski definition) is 2. The summed E-state index contributed by atoms with van der Waals surface area (Å²) >= 11 is 6.06. The van der Waals surface area contributed by atoms with E-state index in [1.807, 2.05) is 6.07 Å². The number of piperazine rings is 1. The van der Waals surface area contributed by atoms with Gasteiger partial charge in [0.25, 0.3) is 0 Å². The summed E-state index contributed by atoms with van der Waals surface area (Å²) in [4.78, 5) is 18.7. The SMILES string of the molecule is CC(C)Nc1nc2cnc(CC(C)(C)O)cc2nc1N1CCN(Cc2cc(Cl)ccc2F)CC1. The highest BCUT2D eigenvalue weighted by Gasteiger charge is 2.23. The Morgan fingerprint density at radius 2 is 1.85 bits per heavy atom. The molecule has 7 nitrogen and oxygen atoms in total. The molecule has 0 bridgehead atoms. The number of aliphatic hydroxyl groups is 1. The van der Waals surface area contributed by atoms with Gasteiger partial charge < -0.3 is 15.3 Å². The van der Waals surface area contributed by atoms with E-state index in [1.165, 1.54) is 6.07 Å². The summed E-state index contributed by atoms with van der Waals surface area (Å²) in [7, 11) is 0. The zero-order chi connectivity index (χ0) is 24.5. The smallest absolute Gasteiger partial charge is 0.172 e. The summed E-state index contributed by atoms with van der Waals surface area (Å²) < 4.78 is 14.2. The lowest BCUT2D eigenvalue weighted by atomic mass is 10.0. The van der Waals surface area contributed by atoms with Crippen molar-refractivity contribution in [1.29, 1.82) is 0 Å². The average molecular weight is 487 g/mol. The van der Waals surface area contributed by atoms with E-state index in [-0.39, 0.29) is 11.9 Å². The minimum Gasteiger partial charge on any atom is -0.390 e. The van der Waals surface area contributed by atoms with Crippen molar-refractivity contribution in [2.45, 2.75) is 52.3 Å². The number of aromatic nitrogens is 3. The molecule has 2 N–H and O–H groups in total. The first-order chi connectivity index (χ1) is 16.1. The summed E-state index contributed by atoms with van der Waals surface area (Å²) in [5.41, 5.74) is 2.00. The molecule has 34 heavy (non-hydrogen) atoms. The van der Waals surface area contributed by atoms with E-state index >= 15 is 0 Å². The van der Waals surface area contributed by atoms with Crippen molar-refractivity contribution >= 4 is 34.3 Å². The molecular formula is C25H32ClFN6O. The van der Waals surface area contributed by atoms with Crippen LogP contribution in [0.1, 0.15) is 39.0 Å². The van der Waals surface area contributed by atoms with Crippen LogP contribution in [0, 0.1) is 5.82 Å². The second-order valence-corrected chi connectivity index (χ2v) is 10.3. The number of nitrogens with zero attached hydrogens (tertiary/aromatic N) is 5. The van der Waals surface area contributed by atoms with Crippen LogP contribution in [-0.2, 0) is 13.0 Å². The molecule has 1 aromatic carbocycles. The molecule has 0 spiro atoms. The zero-order valence-electron chi connectivity index (χ0n) is 20.1. The molecule has 9 heteroatoms. The van der Waals surface area contributed by atoms with Crippen molar-refractivity contribution in [3.63, 3.8) is 0 Å². The van der Waals surface area contributed by atoms with Crippen LogP contribution in [0.15, 0.2) is 30.5 Å². The molecule has 1 aliphatic heterocycles. The van der Waals surface area contributed by atoms with Gasteiger partial charge in [-0.1, -0.05) is 11.6 Å². The summed E-state index contributed by atoms with van der Waals surface area (Å²) in [6.45, 7) is 11.2. The first kappa shape index (κ1) is 24.6. The van der Waals surface area contributed by atoms with Crippen molar-refractivity contribution in [3.8, 4) is 0 Å². The summed E-state index contributed by atoms with van der Waals surface area (Å²) in [6, 6.07) is 6.79. The highest BCUT2D eigenvalue weighted by atomic mass is 35.5. The highest BCUT2D eigenvalue weighted by molar-refractivity contribution is 6.30. The Bertz CT molecular complexity index is 1160. The Morgan fingerprint density at radius 1 is 1.12 bits per heavy atom. The number of fused-ring (bicyclic) bond motifs is 1. The molecule has 1 fully saturated rings. The zero-order valence-corrected chi connectivity index (χ0v) is 20.9. The van der Waals surface area contributed by atoms with Gasteiger partial charge >= 0.3 is 0 Å². The molecule has 0 unspecified atom stereocenters. The van der Waals surface area contributed by atoms with Crippen LogP contribution in [-0.4, -0.2) is 62.8 Å². The first-order valence-corrected chi connectivity index (χ1v) is 12.0. The Kier molecular flexibility index (Phi) is 7.21. The van der Waals surface area contributed by atoms with Gasteiger partial charge in [-0.25, -0.2) is 14.4 Å². The van der Waals surface area contributed by atoms with Crippen molar-refractivity contribution in [2.24, 2.45) is 0 Å². The quantitative estimate of drug-likeness (QED) is 0.516. The highest BCUT2D eigenvalue weighted by Crippen LogP contribution is 2.28. The fourth-order valence-electron chi connectivity index (χ4n) is 4.15. The van der Waals surface area contributed by atoms with E-state index in [4.69, 9.17) is 21.6 Å². The third kappa shape index (κ3) is 6.11. The van der Waals surface area contributed by atoms with Crippen LogP contribution in [0.3, 0.4) is 0 Å². The topological polar surface area (TPSA) is 77.4 Å². The van der Waals surface area contributed by atoms with Crippen molar-refractivity contribution in [2.75, 3.05) is 36.4 Å². The molecular weight excluding hydrogens is 455 g/mol. The molecule has 2 aromatic heterocycles. The molecule has 4 rings (SSSR count). The largest absolute Gasteiger partial charge is 0.390 e. The van der Waals surface area contributed by atoms with Gasteiger partial charge in [0.15, 0.2) is 11.6 Å². The molecule has 0 amide bonds. The predicted molar refractivity (Wildman–Crippen MR) is 135 cm³/mol. The molecule has 182 valence electrons. The van der Waals surface area contributed by atoms with Gasteiger partial charge in [0, 0.05) is 61.5 Å². The standard InChI is InChI=1S/C25H32ClFN6O/c1-16(2)29-23-24(31-21-12-19(13-25(3,4)34)28-14-22(21)30-23)33-9-7-32(8-10-33)15-17-11-18(26)5-6-20(17)27/h5-6,11-12,14,16,34H,7-10,13,15H2,1-4H3,(H,29,30). The molecule has 0 aliphatic carbocycles. The van der Waals surface area contributed by atoms with Gasteiger partial charge in [0.1, 0.15) is 11.3 Å². The number of rotatable bonds is 7. The average Bonchev–Trinajstić information content (AvgIpc) is 2.75. The van der Waals surface area contributed by atoms with Crippen molar-refractivity contribution in [3.05, 3.63) is 52.6 Å². The minimum absolute atomic E-state index is 0.194. The van der Waals surface area contributed by atoms with Gasteiger partial charge in [-0.2, -0.15) is 0 Å². The number of nitrogens with one attached hydrogen (secondary N) is 1. The summed E-state index contributed by atoms with van der Waals surface area (Å²) in [5, 5.41) is 14.1. The summed E-state index contributed by atoms with van der Waals surface area (Å²) in [6.07, 6.45) is 2.15. The number of hydrogen-bond acceptors (Lipinski definition) is 7. The lowest BCUT2D eigenvalue weighted by molar-refractivity contribution is 0.0800. The van der Waals surface area contributed by atoms with Crippen LogP contribution in [0.5, 0.6) is 0 Å². The van der Waals surface area contributed by atoms with Crippen LogP contribution >= 0.6 is 11.6 Å². The second kappa shape index (κ2) is 9.98. The summed E-state index contributed by atoms with van der Waals surface area (Å²) in [5.74, 6) is 1.30. The van der Waals surface area contributed by atoms with E-state index < -0.39 is 5.60 Å². The van der Waals surface area contributed by atoms with Crippen LogP contribution in [0.2, 0.25) is 5.02 Å². The van der Waals surface area contributed by atoms with E-state index in [1.54, 1.807) is 32.2 Å². The van der Waals surface area contributed by atoms with Gasteiger partial charge in [0.2, 0.25) is 0 Å². The predicted octanol–water partition coefficient (Wildman–Crippen LogP) is 4.27. The number of halogens is 2. The van der Waals surface area contributed by atoms with Crippen LogP contribution in [0.4, 0.5) is 16.0 Å². The first-order valence-electron chi connectivity index (χ1n) is 11.6. The number of benzene rings is 1. The van der Waals surface area contributed by atoms with Crippen molar-refractivity contribution < 1.29 is 9.50 Å². The molecule has 0 saturated carbocycles. The molecule has 0 atom stereocenters. The molecule has 1 saturated heterocycles. The Morgan fingerprint density at radius 3 is 2.53 bits per heavy atom. The van der Waals surface area contributed by atoms with E-state index in [0.29, 0.717) is 29.1 Å². The van der Waals surface area contributed by atoms with Crippen LogP contribution < -0.4 is 10.2 Å². The fraction of sp³-hybridized carbons (Fsp3) is 0.480. The maximum absolute atomic E-state index is 14.2. The minimum atomic E-state index is -0.852. The van der Waals surface area contributed by atoms with Gasteiger partial charge in [0.05, 0.1) is 17.3 Å². The van der Waals surface area contributed by atoms with E-state index in [2.05, 4.69) is 33.9 Å². The lowest BCUT2D eigenvalue weighted by Crippen LogP contribution is -2.46. The van der Waals surface area contributed by atoms with Crippen molar-refractivity contribution in [1.82, 2.24) is 19.9 Å². The van der Waals surface area contributed by atoms with E-state index in [9.17, 15) is 9.50 Å². The van der Waals surface area contributed by atoms with Crippen LogP contribution in [0.25, 0.3) is 11.0 Å². The maximum Gasteiger partial charge on any atom is 0.172 e. The van der Waals surface area contributed by atoms with Gasteiger partial charge in [-0.05, 0) is 52.0 Å². The molecule has 3 aromatic rings. The normalized spacial score (nSPS) is 15.4. The second-order valence-electron chi connectivity index (χ2n) is 9.85. The fourth-order valence-corrected chi connectivity index (χ4v) is 4.34. The third-order valence-corrected chi connectivity index (χ3v) is 5.94. The van der Waals surface area contributed by atoms with Gasteiger partial charge in [-0.3, -0.25) is 9.88 Å². The Labute approximate surface area is 205 Å². The number of anilines is 2. The van der Waals surface area contributed by atoms with E-state index in [0.717, 1.165) is 49.0 Å². The number of pyridine rings is 1. The lowest BCUT2D eigenvalue weighted by Gasteiger charge is -2.36. The Balaban J connectivity index is 1.56. The molecule has 0 radical (unpaired) electrons. The molecule has 3 heterocycles.